The minimum absolute atomic E-state index is 0.243. The van der Waals surface area contributed by atoms with Crippen molar-refractivity contribution in [3.8, 4) is 5.75 Å². The lowest BCUT2D eigenvalue weighted by Gasteiger charge is -2.39. The van der Waals surface area contributed by atoms with Crippen molar-refractivity contribution in [2.24, 2.45) is 5.92 Å². The molecule has 1 aromatic carbocycles. The predicted molar refractivity (Wildman–Crippen MR) is 72.9 cm³/mol. The average molecular weight is 238 g/mol. The van der Waals surface area contributed by atoms with Crippen LogP contribution in [0.25, 0.3) is 0 Å². The van der Waals surface area contributed by atoms with Gasteiger partial charge in [0, 0.05) is 16.9 Å². The topological polar surface area (TPSA) is 9.23 Å². The largest absolute Gasteiger partial charge is 0.485 e. The zero-order valence-electron chi connectivity index (χ0n) is 10.9. The Morgan fingerprint density at radius 3 is 2.83 bits per heavy atom. The normalized spacial score (nSPS) is 30.2. The van der Waals surface area contributed by atoms with Gasteiger partial charge in [0.15, 0.2) is 0 Å². The summed E-state index contributed by atoms with van der Waals surface area (Å²) in [6.45, 7) is 4.32. The maximum Gasteiger partial charge on any atom is 0.124 e. The van der Waals surface area contributed by atoms with E-state index >= 15 is 0 Å². The molecular formula is C17H18O. The summed E-state index contributed by atoms with van der Waals surface area (Å²) < 4.78 is 6.21. The molecular weight excluding hydrogens is 220 g/mol. The minimum Gasteiger partial charge on any atom is -0.485 e. The lowest BCUT2D eigenvalue weighted by atomic mass is 9.74. The van der Waals surface area contributed by atoms with Crippen molar-refractivity contribution in [1.29, 1.82) is 0 Å². The van der Waals surface area contributed by atoms with Crippen molar-refractivity contribution in [2.45, 2.75) is 38.2 Å². The van der Waals surface area contributed by atoms with Crippen molar-refractivity contribution in [2.75, 3.05) is 0 Å². The standard InChI is InChI=1S/C17H18O/c1-11-4-6-15-14(9-11)17(7-8-17)13-5-3-12(2)10-16(13)18-15/h3-6,9-10,13,16H,7-8H2,1-2H3. The molecule has 1 nitrogen and oxygen atoms in total. The number of allylic oxidation sites excluding steroid dienone is 2. The second-order valence-corrected chi connectivity index (χ2v) is 6.03. The lowest BCUT2D eigenvalue weighted by molar-refractivity contribution is 0.147. The Morgan fingerprint density at radius 2 is 2.06 bits per heavy atom. The van der Waals surface area contributed by atoms with E-state index in [9.17, 15) is 0 Å². The summed E-state index contributed by atoms with van der Waals surface area (Å²) in [4.78, 5) is 0. The van der Waals surface area contributed by atoms with Crippen LogP contribution in [0.4, 0.5) is 0 Å². The van der Waals surface area contributed by atoms with E-state index in [1.807, 2.05) is 0 Å². The van der Waals surface area contributed by atoms with Crippen LogP contribution in [0.3, 0.4) is 0 Å². The summed E-state index contributed by atoms with van der Waals surface area (Å²) in [6.07, 6.45) is 9.78. The van der Waals surface area contributed by atoms with Gasteiger partial charge in [-0.1, -0.05) is 35.4 Å². The molecule has 0 N–H and O–H groups in total. The summed E-state index contributed by atoms with van der Waals surface area (Å²) in [6, 6.07) is 6.64. The number of ether oxygens (including phenoxy) is 1. The average Bonchev–Trinajstić information content (AvgIpc) is 3.12. The third-order valence-corrected chi connectivity index (χ3v) is 4.71. The molecule has 3 aliphatic rings. The second kappa shape index (κ2) is 3.28. The van der Waals surface area contributed by atoms with E-state index in [1.165, 1.54) is 29.5 Å². The highest BCUT2D eigenvalue weighted by atomic mass is 16.5. The zero-order valence-corrected chi connectivity index (χ0v) is 10.9. The Morgan fingerprint density at radius 1 is 1.22 bits per heavy atom. The fourth-order valence-corrected chi connectivity index (χ4v) is 3.59. The summed E-state index contributed by atoms with van der Waals surface area (Å²) in [5, 5.41) is 0. The molecule has 2 atom stereocenters. The first kappa shape index (κ1) is 10.4. The van der Waals surface area contributed by atoms with Crippen molar-refractivity contribution in [1.82, 2.24) is 0 Å². The van der Waals surface area contributed by atoms with Crippen molar-refractivity contribution in [3.63, 3.8) is 0 Å². The van der Waals surface area contributed by atoms with E-state index in [4.69, 9.17) is 4.74 Å². The summed E-state index contributed by atoms with van der Waals surface area (Å²) in [5.41, 5.74) is 4.48. The van der Waals surface area contributed by atoms with Gasteiger partial charge in [0.2, 0.25) is 0 Å². The summed E-state index contributed by atoms with van der Waals surface area (Å²) >= 11 is 0. The highest BCUT2D eigenvalue weighted by molar-refractivity contribution is 5.51. The number of benzene rings is 1. The Bertz CT molecular complexity index is 575. The number of fused-ring (bicyclic) bond motifs is 4. The molecule has 1 heteroatoms. The van der Waals surface area contributed by atoms with Gasteiger partial charge in [0.25, 0.3) is 0 Å². The molecule has 1 saturated carbocycles. The molecule has 0 amide bonds. The fourth-order valence-electron chi connectivity index (χ4n) is 3.59. The molecule has 2 unspecified atom stereocenters. The van der Waals surface area contributed by atoms with Crippen LogP contribution in [0, 0.1) is 12.8 Å². The maximum absolute atomic E-state index is 6.21. The number of aryl methyl sites for hydroxylation is 1. The van der Waals surface area contributed by atoms with E-state index in [0.29, 0.717) is 11.3 Å². The lowest BCUT2D eigenvalue weighted by Crippen LogP contribution is -2.39. The Balaban J connectivity index is 1.88. The molecule has 18 heavy (non-hydrogen) atoms. The van der Waals surface area contributed by atoms with Gasteiger partial charge in [-0.2, -0.15) is 0 Å². The van der Waals surface area contributed by atoms with Gasteiger partial charge < -0.3 is 4.74 Å². The molecule has 1 heterocycles. The van der Waals surface area contributed by atoms with E-state index in [1.54, 1.807) is 0 Å². The fraction of sp³-hybridized carbons (Fsp3) is 0.412. The van der Waals surface area contributed by atoms with Gasteiger partial charge >= 0.3 is 0 Å². The van der Waals surface area contributed by atoms with Gasteiger partial charge in [-0.05, 0) is 38.8 Å². The van der Waals surface area contributed by atoms with Crippen molar-refractivity contribution >= 4 is 0 Å². The molecule has 1 aromatic rings. The first-order valence-electron chi connectivity index (χ1n) is 6.83. The van der Waals surface area contributed by atoms with Crippen LogP contribution in [0.2, 0.25) is 0 Å². The zero-order chi connectivity index (χ0) is 12.3. The first-order chi connectivity index (χ1) is 8.69. The molecule has 1 spiro atoms. The van der Waals surface area contributed by atoms with E-state index < -0.39 is 0 Å². The van der Waals surface area contributed by atoms with Crippen LogP contribution in [0.15, 0.2) is 42.0 Å². The first-order valence-corrected chi connectivity index (χ1v) is 6.83. The molecule has 0 radical (unpaired) electrons. The molecule has 4 rings (SSSR count). The van der Waals surface area contributed by atoms with E-state index in [2.05, 4.69) is 50.3 Å². The van der Waals surface area contributed by atoms with Gasteiger partial charge in [-0.25, -0.2) is 0 Å². The monoisotopic (exact) mass is 238 g/mol. The van der Waals surface area contributed by atoms with Crippen LogP contribution in [-0.2, 0) is 5.41 Å². The van der Waals surface area contributed by atoms with Gasteiger partial charge in [-0.3, -0.25) is 0 Å². The maximum atomic E-state index is 6.21. The predicted octanol–water partition coefficient (Wildman–Crippen LogP) is 3.92. The summed E-state index contributed by atoms with van der Waals surface area (Å²) in [5.74, 6) is 1.65. The molecule has 1 aliphatic heterocycles. The van der Waals surface area contributed by atoms with Crippen LogP contribution >= 0.6 is 0 Å². The molecule has 0 saturated heterocycles. The van der Waals surface area contributed by atoms with Gasteiger partial charge in [0.1, 0.15) is 11.9 Å². The highest BCUT2D eigenvalue weighted by Crippen LogP contribution is 2.61. The number of hydrogen-bond donors (Lipinski definition) is 0. The van der Waals surface area contributed by atoms with Gasteiger partial charge in [-0.15, -0.1) is 0 Å². The van der Waals surface area contributed by atoms with Crippen LogP contribution in [0.1, 0.15) is 30.9 Å². The quantitative estimate of drug-likeness (QED) is 0.665. The van der Waals surface area contributed by atoms with Crippen LogP contribution in [0.5, 0.6) is 5.75 Å². The third-order valence-electron chi connectivity index (χ3n) is 4.71. The molecule has 2 aliphatic carbocycles. The number of hydrogen-bond acceptors (Lipinski definition) is 1. The summed E-state index contributed by atoms with van der Waals surface area (Å²) in [7, 11) is 0. The highest BCUT2D eigenvalue weighted by Gasteiger charge is 2.56. The van der Waals surface area contributed by atoms with Crippen LogP contribution < -0.4 is 4.74 Å². The van der Waals surface area contributed by atoms with E-state index in [0.717, 1.165) is 5.75 Å². The Labute approximate surface area is 108 Å². The Hall–Kier alpha value is -1.50. The third kappa shape index (κ3) is 1.28. The van der Waals surface area contributed by atoms with Crippen LogP contribution in [-0.4, -0.2) is 6.10 Å². The minimum atomic E-state index is 0.243. The van der Waals surface area contributed by atoms with Crippen molar-refractivity contribution in [3.05, 3.63) is 53.1 Å². The molecule has 92 valence electrons. The smallest absolute Gasteiger partial charge is 0.124 e. The molecule has 0 bridgehead atoms. The number of rotatable bonds is 0. The molecule has 0 aromatic heterocycles. The van der Waals surface area contributed by atoms with E-state index in [-0.39, 0.29) is 6.10 Å². The van der Waals surface area contributed by atoms with Gasteiger partial charge in [0.05, 0.1) is 0 Å². The second-order valence-electron chi connectivity index (χ2n) is 6.03. The SMILES string of the molecule is CC1=CC2Oc3ccc(C)cc3C3(CC3)C2C=C1. The Kier molecular flexibility index (Phi) is 1.90. The van der Waals surface area contributed by atoms with Crippen molar-refractivity contribution < 1.29 is 4.74 Å². The molecule has 1 fully saturated rings.